The second kappa shape index (κ2) is 5.23. The lowest BCUT2D eigenvalue weighted by Gasteiger charge is -2.23. The van der Waals surface area contributed by atoms with Crippen LogP contribution in [0.15, 0.2) is 35.5 Å². The number of imide groups is 1. The lowest BCUT2D eigenvalue weighted by Crippen LogP contribution is -2.34. The van der Waals surface area contributed by atoms with Gasteiger partial charge in [-0.2, -0.15) is 0 Å². The van der Waals surface area contributed by atoms with Crippen molar-refractivity contribution in [2.24, 2.45) is 17.0 Å². The highest BCUT2D eigenvalue weighted by atomic mass is 16.6. The first-order valence-electron chi connectivity index (χ1n) is 7.94. The van der Waals surface area contributed by atoms with Crippen LogP contribution in [-0.4, -0.2) is 23.6 Å². The van der Waals surface area contributed by atoms with E-state index in [4.69, 9.17) is 4.84 Å². The van der Waals surface area contributed by atoms with E-state index in [9.17, 15) is 9.59 Å². The normalized spacial score (nSPS) is 28.5. The Bertz CT molecular complexity index is 635. The summed E-state index contributed by atoms with van der Waals surface area (Å²) in [7, 11) is 0. The molecule has 5 nitrogen and oxygen atoms in total. The fraction of sp³-hybridized carbons (Fsp3) is 0.471. The summed E-state index contributed by atoms with van der Waals surface area (Å²) in [5, 5.41) is 4.12. The van der Waals surface area contributed by atoms with Crippen molar-refractivity contribution in [3.8, 4) is 0 Å². The van der Waals surface area contributed by atoms with Gasteiger partial charge < -0.3 is 4.84 Å². The number of benzene rings is 1. The summed E-state index contributed by atoms with van der Waals surface area (Å²) >= 11 is 0. The maximum absolute atomic E-state index is 12.8. The van der Waals surface area contributed by atoms with E-state index >= 15 is 0 Å². The van der Waals surface area contributed by atoms with E-state index in [1.807, 2.05) is 18.2 Å². The summed E-state index contributed by atoms with van der Waals surface area (Å²) in [6, 6.07) is 9.05. The molecule has 0 radical (unpaired) electrons. The molecule has 2 heterocycles. The van der Waals surface area contributed by atoms with E-state index < -0.39 is 12.0 Å². The summed E-state index contributed by atoms with van der Waals surface area (Å²) in [5.74, 6) is -0.717. The van der Waals surface area contributed by atoms with Crippen LogP contribution in [0.1, 0.15) is 32.1 Å². The largest absolute Gasteiger partial charge is 0.381 e. The minimum Gasteiger partial charge on any atom is -0.381 e. The van der Waals surface area contributed by atoms with Crippen molar-refractivity contribution in [3.05, 3.63) is 30.3 Å². The Morgan fingerprint density at radius 1 is 1.00 bits per heavy atom. The van der Waals surface area contributed by atoms with Crippen molar-refractivity contribution in [2.75, 3.05) is 4.90 Å². The third-order valence-corrected chi connectivity index (χ3v) is 4.88. The Morgan fingerprint density at radius 3 is 2.45 bits per heavy atom. The van der Waals surface area contributed by atoms with Crippen LogP contribution in [0.5, 0.6) is 0 Å². The fourth-order valence-corrected chi connectivity index (χ4v) is 3.77. The predicted octanol–water partition coefficient (Wildman–Crippen LogP) is 2.51. The van der Waals surface area contributed by atoms with Crippen LogP contribution in [0.3, 0.4) is 0 Å². The average Bonchev–Trinajstić information content (AvgIpc) is 3.10. The first-order chi connectivity index (χ1) is 10.8. The molecule has 2 aliphatic heterocycles. The number of oxime groups is 1. The molecule has 4 rings (SSSR count). The van der Waals surface area contributed by atoms with E-state index in [-0.39, 0.29) is 17.7 Å². The third kappa shape index (κ3) is 1.95. The van der Waals surface area contributed by atoms with Gasteiger partial charge in [0.05, 0.1) is 11.4 Å². The monoisotopic (exact) mass is 298 g/mol. The van der Waals surface area contributed by atoms with E-state index in [0.29, 0.717) is 5.69 Å². The van der Waals surface area contributed by atoms with Crippen molar-refractivity contribution in [1.82, 2.24) is 0 Å². The summed E-state index contributed by atoms with van der Waals surface area (Å²) in [5.41, 5.74) is 1.40. The SMILES string of the molecule is O=C1[C@@H]2C(C3CCCCC3)=NO[C@@H]2C(=O)N1c1ccccc1. The van der Waals surface area contributed by atoms with Gasteiger partial charge in [-0.05, 0) is 25.0 Å². The smallest absolute Gasteiger partial charge is 0.278 e. The van der Waals surface area contributed by atoms with Gasteiger partial charge in [-0.3, -0.25) is 9.59 Å². The number of anilines is 1. The standard InChI is InChI=1S/C17H18N2O3/c20-16-13-14(11-7-3-1-4-8-11)18-22-15(13)17(21)19(16)12-9-5-2-6-10-12/h2,5-6,9-11,13,15H,1,3-4,7-8H2/t13-,15+/m1/s1. The van der Waals surface area contributed by atoms with Crippen molar-refractivity contribution in [1.29, 1.82) is 0 Å². The second-order valence-electron chi connectivity index (χ2n) is 6.20. The number of carbonyl (C=O) groups is 2. The molecule has 0 spiro atoms. The number of nitrogens with zero attached hydrogens (tertiary/aromatic N) is 2. The van der Waals surface area contributed by atoms with Gasteiger partial charge in [0.1, 0.15) is 5.92 Å². The molecule has 2 amide bonds. The molecule has 0 bridgehead atoms. The second-order valence-corrected chi connectivity index (χ2v) is 6.20. The van der Waals surface area contributed by atoms with Gasteiger partial charge in [0, 0.05) is 5.92 Å². The van der Waals surface area contributed by atoms with E-state index in [2.05, 4.69) is 5.16 Å². The van der Waals surface area contributed by atoms with Gasteiger partial charge in [-0.15, -0.1) is 0 Å². The Balaban J connectivity index is 1.63. The molecule has 2 atom stereocenters. The quantitative estimate of drug-likeness (QED) is 0.788. The molecule has 0 N–H and O–H groups in total. The number of hydrogen-bond donors (Lipinski definition) is 0. The van der Waals surface area contributed by atoms with E-state index in [1.54, 1.807) is 12.1 Å². The van der Waals surface area contributed by atoms with E-state index in [1.165, 1.54) is 11.3 Å². The molecule has 1 aliphatic carbocycles. The predicted molar refractivity (Wildman–Crippen MR) is 81.3 cm³/mol. The maximum atomic E-state index is 12.8. The third-order valence-electron chi connectivity index (χ3n) is 4.88. The molecule has 2 fully saturated rings. The van der Waals surface area contributed by atoms with Crippen molar-refractivity contribution in [2.45, 2.75) is 38.2 Å². The summed E-state index contributed by atoms with van der Waals surface area (Å²) in [6.45, 7) is 0. The zero-order chi connectivity index (χ0) is 15.1. The highest BCUT2D eigenvalue weighted by Gasteiger charge is 2.56. The lowest BCUT2D eigenvalue weighted by molar-refractivity contribution is -0.126. The van der Waals surface area contributed by atoms with Crippen LogP contribution in [-0.2, 0) is 14.4 Å². The highest BCUT2D eigenvalue weighted by Crippen LogP contribution is 2.38. The van der Waals surface area contributed by atoms with Crippen molar-refractivity contribution in [3.63, 3.8) is 0 Å². The maximum Gasteiger partial charge on any atom is 0.278 e. The molecule has 22 heavy (non-hydrogen) atoms. The Morgan fingerprint density at radius 2 is 1.73 bits per heavy atom. The van der Waals surface area contributed by atoms with Crippen LogP contribution in [0.2, 0.25) is 0 Å². The zero-order valence-corrected chi connectivity index (χ0v) is 12.3. The number of hydrogen-bond acceptors (Lipinski definition) is 4. The molecule has 3 aliphatic rings. The molecule has 1 saturated carbocycles. The first kappa shape index (κ1) is 13.5. The molecular formula is C17H18N2O3. The van der Waals surface area contributed by atoms with E-state index in [0.717, 1.165) is 31.4 Å². The number of para-hydroxylation sites is 1. The summed E-state index contributed by atoms with van der Waals surface area (Å²) in [6.07, 6.45) is 4.87. The average molecular weight is 298 g/mol. The molecule has 0 aromatic heterocycles. The minimum atomic E-state index is -0.760. The molecule has 114 valence electrons. The van der Waals surface area contributed by atoms with Crippen LogP contribution in [0.4, 0.5) is 5.69 Å². The molecular weight excluding hydrogens is 280 g/mol. The molecule has 0 unspecified atom stereocenters. The summed E-state index contributed by atoms with van der Waals surface area (Å²) < 4.78 is 0. The van der Waals surface area contributed by atoms with Gasteiger partial charge in [-0.25, -0.2) is 4.90 Å². The molecule has 1 saturated heterocycles. The van der Waals surface area contributed by atoms with Crippen molar-refractivity contribution < 1.29 is 14.4 Å². The van der Waals surface area contributed by atoms with Gasteiger partial charge >= 0.3 is 0 Å². The number of carbonyl (C=O) groups excluding carboxylic acids is 2. The zero-order valence-electron chi connectivity index (χ0n) is 12.3. The number of rotatable bonds is 2. The van der Waals surface area contributed by atoms with Crippen LogP contribution < -0.4 is 4.90 Å². The Hall–Kier alpha value is -2.17. The number of fused-ring (bicyclic) bond motifs is 1. The van der Waals surface area contributed by atoms with Gasteiger partial charge in [0.15, 0.2) is 0 Å². The van der Waals surface area contributed by atoms with Crippen LogP contribution in [0.25, 0.3) is 0 Å². The summed E-state index contributed by atoms with van der Waals surface area (Å²) in [4.78, 5) is 31.9. The molecule has 5 heteroatoms. The Kier molecular flexibility index (Phi) is 3.21. The van der Waals surface area contributed by atoms with Gasteiger partial charge in [-0.1, -0.05) is 42.6 Å². The van der Waals surface area contributed by atoms with Gasteiger partial charge in [0.2, 0.25) is 12.0 Å². The fourth-order valence-electron chi connectivity index (χ4n) is 3.77. The van der Waals surface area contributed by atoms with Crippen LogP contribution in [0, 0.1) is 11.8 Å². The van der Waals surface area contributed by atoms with Crippen molar-refractivity contribution >= 4 is 23.2 Å². The first-order valence-corrected chi connectivity index (χ1v) is 7.94. The topological polar surface area (TPSA) is 59.0 Å². The van der Waals surface area contributed by atoms with Crippen LogP contribution >= 0.6 is 0 Å². The molecule has 1 aromatic rings. The highest BCUT2D eigenvalue weighted by molar-refractivity contribution is 6.30. The number of amides is 2. The molecule has 1 aromatic carbocycles. The Labute approximate surface area is 128 Å². The lowest BCUT2D eigenvalue weighted by atomic mass is 9.80. The van der Waals surface area contributed by atoms with Gasteiger partial charge in [0.25, 0.3) is 5.91 Å². The minimum absolute atomic E-state index is 0.192.